The van der Waals surface area contributed by atoms with Gasteiger partial charge in [0.15, 0.2) is 0 Å². The predicted octanol–water partition coefficient (Wildman–Crippen LogP) is 8.09. The molecule has 0 nitrogen and oxygen atoms in total. The van der Waals surface area contributed by atoms with E-state index in [-0.39, 0.29) is 0 Å². The molecule has 0 atom stereocenters. The lowest BCUT2D eigenvalue weighted by Crippen LogP contribution is -2.15. The fraction of sp³-hybridized carbons (Fsp3) is 0.833. The van der Waals surface area contributed by atoms with Crippen LogP contribution in [0.1, 0.15) is 103 Å². The zero-order chi connectivity index (χ0) is 17.0. The number of hydrogen-bond acceptors (Lipinski definition) is 0. The third kappa shape index (κ3) is 7.58. The second-order valence-corrected chi connectivity index (χ2v) is 8.79. The average molecular weight is 331 g/mol. The molecule has 138 valence electrons. The molecular formula is C24H42. The highest BCUT2D eigenvalue weighted by atomic mass is 14.3. The standard InChI is InChI=1S/C24H42/c1-3-5-9-21-13-17-23(18-14-21)11-7-8-12-24-19-15-22(16-20-24)10-6-4-2/h3-4,21-24H,1-2,5-20H2. The van der Waals surface area contributed by atoms with Crippen LogP contribution in [-0.4, -0.2) is 0 Å². The number of hydrogen-bond donors (Lipinski definition) is 0. The maximum Gasteiger partial charge on any atom is -0.0351 e. The molecule has 0 N–H and O–H groups in total. The van der Waals surface area contributed by atoms with Gasteiger partial charge in [0.1, 0.15) is 0 Å². The zero-order valence-corrected chi connectivity index (χ0v) is 16.2. The molecule has 0 spiro atoms. The quantitative estimate of drug-likeness (QED) is 0.265. The lowest BCUT2D eigenvalue weighted by Gasteiger charge is -2.29. The summed E-state index contributed by atoms with van der Waals surface area (Å²) < 4.78 is 0. The zero-order valence-electron chi connectivity index (χ0n) is 16.2. The minimum atomic E-state index is 1.01. The van der Waals surface area contributed by atoms with Crippen LogP contribution in [0.25, 0.3) is 0 Å². The van der Waals surface area contributed by atoms with Crippen molar-refractivity contribution in [3.05, 3.63) is 25.3 Å². The average Bonchev–Trinajstić information content (AvgIpc) is 2.64. The Hall–Kier alpha value is -0.520. The van der Waals surface area contributed by atoms with E-state index in [1.807, 2.05) is 0 Å². The first-order valence-corrected chi connectivity index (χ1v) is 11.0. The summed E-state index contributed by atoms with van der Waals surface area (Å²) in [5.74, 6) is 4.13. The van der Waals surface area contributed by atoms with E-state index in [4.69, 9.17) is 0 Å². The van der Waals surface area contributed by atoms with E-state index in [0.29, 0.717) is 0 Å². The van der Waals surface area contributed by atoms with Gasteiger partial charge in [-0.2, -0.15) is 0 Å². The topological polar surface area (TPSA) is 0 Å². The molecule has 0 radical (unpaired) electrons. The van der Waals surface area contributed by atoms with Crippen molar-refractivity contribution in [3.8, 4) is 0 Å². The van der Waals surface area contributed by atoms with Gasteiger partial charge in [-0.3, -0.25) is 0 Å². The molecule has 0 amide bonds. The van der Waals surface area contributed by atoms with E-state index in [1.165, 1.54) is 103 Å². The Morgan fingerprint density at radius 3 is 1.08 bits per heavy atom. The summed E-state index contributed by atoms with van der Waals surface area (Å²) in [6, 6.07) is 0. The van der Waals surface area contributed by atoms with Crippen molar-refractivity contribution in [3.63, 3.8) is 0 Å². The summed E-state index contributed by atoms with van der Waals surface area (Å²) in [6.07, 6.45) is 27.5. The Morgan fingerprint density at radius 2 is 0.792 bits per heavy atom. The summed E-state index contributed by atoms with van der Waals surface area (Å²) in [6.45, 7) is 7.72. The van der Waals surface area contributed by atoms with E-state index in [1.54, 1.807) is 0 Å². The summed E-state index contributed by atoms with van der Waals surface area (Å²) in [4.78, 5) is 0. The highest BCUT2D eigenvalue weighted by molar-refractivity contribution is 4.78. The van der Waals surface area contributed by atoms with Crippen molar-refractivity contribution in [2.24, 2.45) is 23.7 Å². The molecule has 0 unspecified atom stereocenters. The molecule has 0 saturated heterocycles. The molecule has 0 heteroatoms. The van der Waals surface area contributed by atoms with Crippen LogP contribution in [-0.2, 0) is 0 Å². The molecule has 24 heavy (non-hydrogen) atoms. The van der Waals surface area contributed by atoms with Gasteiger partial charge in [-0.15, -0.1) is 13.2 Å². The van der Waals surface area contributed by atoms with E-state index in [9.17, 15) is 0 Å². The van der Waals surface area contributed by atoms with Crippen LogP contribution in [0.5, 0.6) is 0 Å². The van der Waals surface area contributed by atoms with Crippen LogP contribution >= 0.6 is 0 Å². The normalized spacial score (nSPS) is 30.8. The molecule has 0 bridgehead atoms. The Kier molecular flexibility index (Phi) is 9.85. The van der Waals surface area contributed by atoms with E-state index in [2.05, 4.69) is 25.3 Å². The molecule has 2 rings (SSSR count). The highest BCUT2D eigenvalue weighted by Gasteiger charge is 2.22. The molecule has 2 fully saturated rings. The van der Waals surface area contributed by atoms with Gasteiger partial charge in [0.25, 0.3) is 0 Å². The second-order valence-electron chi connectivity index (χ2n) is 8.79. The van der Waals surface area contributed by atoms with Crippen molar-refractivity contribution in [2.75, 3.05) is 0 Å². The van der Waals surface area contributed by atoms with Crippen LogP contribution in [0.2, 0.25) is 0 Å². The summed E-state index contributed by atoms with van der Waals surface area (Å²) in [5, 5.41) is 0. The molecule has 0 aromatic carbocycles. The van der Waals surface area contributed by atoms with Crippen molar-refractivity contribution in [2.45, 2.75) is 103 Å². The number of allylic oxidation sites excluding steroid dienone is 2. The third-order valence-electron chi connectivity index (χ3n) is 6.97. The fourth-order valence-electron chi connectivity index (χ4n) is 5.19. The van der Waals surface area contributed by atoms with E-state index < -0.39 is 0 Å². The van der Waals surface area contributed by atoms with Gasteiger partial charge < -0.3 is 0 Å². The van der Waals surface area contributed by atoms with Gasteiger partial charge in [0.05, 0.1) is 0 Å². The Bertz CT molecular complexity index is 292. The summed E-state index contributed by atoms with van der Waals surface area (Å²) in [7, 11) is 0. The van der Waals surface area contributed by atoms with Gasteiger partial charge in [-0.25, -0.2) is 0 Å². The number of unbranched alkanes of at least 4 members (excludes halogenated alkanes) is 1. The van der Waals surface area contributed by atoms with E-state index >= 15 is 0 Å². The molecule has 0 aromatic heterocycles. The molecule has 2 aliphatic carbocycles. The van der Waals surface area contributed by atoms with Crippen LogP contribution in [0.3, 0.4) is 0 Å². The highest BCUT2D eigenvalue weighted by Crippen LogP contribution is 2.36. The maximum atomic E-state index is 3.86. The monoisotopic (exact) mass is 330 g/mol. The first-order chi connectivity index (χ1) is 11.8. The number of rotatable bonds is 11. The first kappa shape index (κ1) is 19.8. The molecule has 2 aliphatic rings. The molecule has 2 saturated carbocycles. The van der Waals surface area contributed by atoms with Crippen LogP contribution in [0.4, 0.5) is 0 Å². The van der Waals surface area contributed by atoms with Crippen molar-refractivity contribution >= 4 is 0 Å². The smallest absolute Gasteiger partial charge is 0.0351 e. The van der Waals surface area contributed by atoms with Gasteiger partial charge in [-0.05, 0) is 49.4 Å². The van der Waals surface area contributed by atoms with Gasteiger partial charge in [-0.1, -0.05) is 89.2 Å². The van der Waals surface area contributed by atoms with Crippen LogP contribution in [0, 0.1) is 23.7 Å². The SMILES string of the molecule is C=CCCC1CCC(CCCCC2CCC(CCC=C)CC2)CC1. The Morgan fingerprint density at radius 1 is 0.500 bits per heavy atom. The summed E-state index contributed by atoms with van der Waals surface area (Å²) in [5.41, 5.74) is 0. The lowest BCUT2D eigenvalue weighted by atomic mass is 9.76. The van der Waals surface area contributed by atoms with Gasteiger partial charge in [0.2, 0.25) is 0 Å². The van der Waals surface area contributed by atoms with Crippen molar-refractivity contribution in [1.29, 1.82) is 0 Å². The summed E-state index contributed by atoms with van der Waals surface area (Å²) >= 11 is 0. The maximum absolute atomic E-state index is 3.86. The Labute approximate surface area is 152 Å². The third-order valence-corrected chi connectivity index (χ3v) is 6.97. The minimum absolute atomic E-state index is 1.01. The van der Waals surface area contributed by atoms with Crippen LogP contribution in [0.15, 0.2) is 25.3 Å². The minimum Gasteiger partial charge on any atom is -0.103 e. The molecule has 0 heterocycles. The van der Waals surface area contributed by atoms with Crippen LogP contribution < -0.4 is 0 Å². The molecule has 0 aliphatic heterocycles. The van der Waals surface area contributed by atoms with Gasteiger partial charge >= 0.3 is 0 Å². The van der Waals surface area contributed by atoms with Crippen molar-refractivity contribution < 1.29 is 0 Å². The largest absolute Gasteiger partial charge is 0.103 e. The second kappa shape index (κ2) is 11.9. The first-order valence-electron chi connectivity index (χ1n) is 11.0. The van der Waals surface area contributed by atoms with Crippen molar-refractivity contribution in [1.82, 2.24) is 0 Å². The molecule has 0 aromatic rings. The predicted molar refractivity (Wildman–Crippen MR) is 108 cm³/mol. The lowest BCUT2D eigenvalue weighted by molar-refractivity contribution is 0.234. The van der Waals surface area contributed by atoms with E-state index in [0.717, 1.165) is 23.7 Å². The van der Waals surface area contributed by atoms with Gasteiger partial charge in [0, 0.05) is 0 Å². The molecular weight excluding hydrogens is 288 g/mol. The fourth-order valence-corrected chi connectivity index (χ4v) is 5.19. The Balaban J connectivity index is 1.46.